The summed E-state index contributed by atoms with van der Waals surface area (Å²) in [5.74, 6) is -0.395. The van der Waals surface area contributed by atoms with Crippen molar-refractivity contribution in [3.8, 4) is 0 Å². The largest absolute Gasteiger partial charge is 0.465 e. The molecule has 15 heavy (non-hydrogen) atoms. The monoisotopic (exact) mass is 228 g/mol. The Kier molecular flexibility index (Phi) is 4.53. The molecule has 0 aromatic heterocycles. The Morgan fingerprint density at radius 2 is 2.13 bits per heavy atom. The summed E-state index contributed by atoms with van der Waals surface area (Å²) in [4.78, 5) is 11.2. The van der Waals surface area contributed by atoms with Crippen molar-refractivity contribution < 1.29 is 18.6 Å². The lowest BCUT2D eigenvalue weighted by molar-refractivity contribution is 0.0600. The topological polar surface area (TPSA) is 52.6 Å². The molecule has 0 aliphatic heterocycles. The molecule has 4 nitrogen and oxygen atoms in total. The summed E-state index contributed by atoms with van der Waals surface area (Å²) in [6.45, 7) is 0. The van der Waals surface area contributed by atoms with Crippen molar-refractivity contribution in [1.29, 1.82) is 0 Å². The summed E-state index contributed by atoms with van der Waals surface area (Å²) in [7, 11) is 0.703. The third-order valence-corrected chi connectivity index (χ3v) is 3.08. The molecule has 0 saturated carbocycles. The highest BCUT2D eigenvalue weighted by atomic mass is 31.1. The molecule has 0 spiro atoms. The van der Waals surface area contributed by atoms with Gasteiger partial charge in [0.2, 0.25) is 0 Å². The van der Waals surface area contributed by atoms with E-state index in [0.29, 0.717) is 11.7 Å². The molecular formula is C10H13O4P. The van der Waals surface area contributed by atoms with Gasteiger partial charge in [-0.1, -0.05) is 12.1 Å². The molecule has 0 saturated heterocycles. The van der Waals surface area contributed by atoms with Gasteiger partial charge in [0.1, 0.15) is 0 Å². The molecule has 0 heterocycles. The number of rotatable bonds is 4. The average Bonchev–Trinajstić information content (AvgIpc) is 2.28. The Balaban J connectivity index is 2.83. The van der Waals surface area contributed by atoms with Crippen molar-refractivity contribution in [2.24, 2.45) is 0 Å². The van der Waals surface area contributed by atoms with Crippen LogP contribution in [0.3, 0.4) is 0 Å². The zero-order valence-electron chi connectivity index (χ0n) is 8.65. The van der Waals surface area contributed by atoms with Crippen molar-refractivity contribution in [2.45, 2.75) is 6.16 Å². The van der Waals surface area contributed by atoms with Crippen molar-refractivity contribution in [3.05, 3.63) is 35.4 Å². The SMILES string of the molecule is COC(=O)c1cccc(C[PH](=O)OC)c1. The normalized spacial score (nSPS) is 12.1. The van der Waals surface area contributed by atoms with Crippen LogP contribution in [0.15, 0.2) is 24.3 Å². The van der Waals surface area contributed by atoms with Crippen molar-refractivity contribution in [1.82, 2.24) is 0 Å². The number of carbonyl (C=O) groups is 1. The van der Waals surface area contributed by atoms with Gasteiger partial charge in [-0.3, -0.25) is 4.57 Å². The van der Waals surface area contributed by atoms with Crippen LogP contribution < -0.4 is 0 Å². The molecule has 1 aromatic carbocycles. The van der Waals surface area contributed by atoms with Gasteiger partial charge in [-0.25, -0.2) is 4.79 Å². The van der Waals surface area contributed by atoms with Crippen LogP contribution in [0, 0.1) is 0 Å². The smallest absolute Gasteiger partial charge is 0.337 e. The second-order valence-electron chi connectivity index (χ2n) is 2.94. The van der Waals surface area contributed by atoms with Crippen LogP contribution in [-0.2, 0) is 20.0 Å². The lowest BCUT2D eigenvalue weighted by Gasteiger charge is -2.03. The summed E-state index contributed by atoms with van der Waals surface area (Å²) in [5.41, 5.74) is 1.27. The van der Waals surface area contributed by atoms with Crippen molar-refractivity contribution >= 4 is 14.0 Å². The molecule has 0 aliphatic carbocycles. The van der Waals surface area contributed by atoms with Crippen LogP contribution in [0.4, 0.5) is 0 Å². The zero-order chi connectivity index (χ0) is 11.3. The van der Waals surface area contributed by atoms with Crippen LogP contribution in [0.25, 0.3) is 0 Å². The van der Waals surface area contributed by atoms with Gasteiger partial charge in [0, 0.05) is 13.3 Å². The van der Waals surface area contributed by atoms with Gasteiger partial charge in [-0.15, -0.1) is 0 Å². The Hall–Kier alpha value is -1.12. The number of hydrogen-bond donors (Lipinski definition) is 0. The van der Waals surface area contributed by atoms with Gasteiger partial charge < -0.3 is 9.26 Å². The molecule has 1 aromatic rings. The maximum Gasteiger partial charge on any atom is 0.337 e. The number of ether oxygens (including phenoxy) is 1. The summed E-state index contributed by atoms with van der Waals surface area (Å²) in [5, 5.41) is 0. The minimum Gasteiger partial charge on any atom is -0.465 e. The molecule has 0 amide bonds. The molecule has 1 atom stereocenters. The Morgan fingerprint density at radius 3 is 2.73 bits per heavy atom. The molecule has 0 N–H and O–H groups in total. The quantitative estimate of drug-likeness (QED) is 0.585. The predicted molar refractivity (Wildman–Crippen MR) is 57.5 cm³/mol. The first kappa shape index (κ1) is 12.0. The second kappa shape index (κ2) is 5.69. The molecule has 5 heteroatoms. The molecule has 0 bridgehead atoms. The van der Waals surface area contributed by atoms with E-state index < -0.39 is 14.0 Å². The minimum atomic E-state index is -2.03. The second-order valence-corrected chi connectivity index (χ2v) is 4.45. The molecule has 1 rings (SSSR count). The summed E-state index contributed by atoms with van der Waals surface area (Å²) in [6, 6.07) is 6.84. The van der Waals surface area contributed by atoms with Gasteiger partial charge in [-0.05, 0) is 17.7 Å². The fourth-order valence-electron chi connectivity index (χ4n) is 1.16. The van der Waals surface area contributed by atoms with E-state index in [0.717, 1.165) is 5.56 Å². The number of carbonyl (C=O) groups excluding carboxylic acids is 1. The van der Waals surface area contributed by atoms with Gasteiger partial charge >= 0.3 is 5.97 Å². The highest BCUT2D eigenvalue weighted by Gasteiger charge is 2.06. The zero-order valence-corrected chi connectivity index (χ0v) is 9.65. The number of hydrogen-bond acceptors (Lipinski definition) is 4. The fraction of sp³-hybridized carbons (Fsp3) is 0.300. The maximum atomic E-state index is 11.2. The highest BCUT2D eigenvalue weighted by Crippen LogP contribution is 2.26. The first-order valence-corrected chi connectivity index (χ1v) is 5.94. The van der Waals surface area contributed by atoms with Crippen LogP contribution in [0.2, 0.25) is 0 Å². The third-order valence-electron chi connectivity index (χ3n) is 1.92. The average molecular weight is 228 g/mol. The minimum absolute atomic E-state index is 0.339. The standard InChI is InChI=1S/C10H13O4P/c1-13-10(11)9-5-3-4-8(6-9)7-15(12)14-2/h3-6,15H,7H2,1-2H3. The predicted octanol–water partition coefficient (Wildman–Crippen LogP) is 2.09. The summed E-state index contributed by atoms with van der Waals surface area (Å²) in [6.07, 6.45) is 0.339. The van der Waals surface area contributed by atoms with Gasteiger partial charge in [0.15, 0.2) is 8.03 Å². The van der Waals surface area contributed by atoms with Crippen LogP contribution in [0.1, 0.15) is 15.9 Å². The third kappa shape index (κ3) is 3.50. The van der Waals surface area contributed by atoms with E-state index in [2.05, 4.69) is 4.74 Å². The summed E-state index contributed by atoms with van der Waals surface area (Å²) < 4.78 is 20.5. The van der Waals surface area contributed by atoms with E-state index in [1.165, 1.54) is 14.2 Å². The van der Waals surface area contributed by atoms with Crippen LogP contribution >= 0.6 is 8.03 Å². The molecule has 82 valence electrons. The van der Waals surface area contributed by atoms with Crippen LogP contribution in [0.5, 0.6) is 0 Å². The first-order valence-electron chi connectivity index (χ1n) is 4.41. The van der Waals surface area contributed by atoms with E-state index in [9.17, 15) is 9.36 Å². The van der Waals surface area contributed by atoms with Gasteiger partial charge in [0.25, 0.3) is 0 Å². The van der Waals surface area contributed by atoms with Crippen molar-refractivity contribution in [2.75, 3.05) is 14.2 Å². The molecule has 1 unspecified atom stereocenters. The molecule has 0 fully saturated rings. The van der Waals surface area contributed by atoms with E-state index in [4.69, 9.17) is 4.52 Å². The lowest BCUT2D eigenvalue weighted by Crippen LogP contribution is -2.01. The Morgan fingerprint density at radius 1 is 1.40 bits per heavy atom. The summed E-state index contributed by atoms with van der Waals surface area (Å²) >= 11 is 0. The van der Waals surface area contributed by atoms with E-state index in [1.54, 1.807) is 24.3 Å². The highest BCUT2D eigenvalue weighted by molar-refractivity contribution is 7.38. The number of esters is 1. The van der Waals surface area contributed by atoms with E-state index >= 15 is 0 Å². The molecule has 0 radical (unpaired) electrons. The first-order chi connectivity index (χ1) is 7.17. The Labute approximate surface area is 89.1 Å². The number of benzene rings is 1. The maximum absolute atomic E-state index is 11.2. The molecule has 0 aliphatic rings. The molecular weight excluding hydrogens is 215 g/mol. The number of methoxy groups -OCH3 is 1. The van der Waals surface area contributed by atoms with E-state index in [1.807, 2.05) is 0 Å². The van der Waals surface area contributed by atoms with Gasteiger partial charge in [-0.2, -0.15) is 0 Å². The van der Waals surface area contributed by atoms with E-state index in [-0.39, 0.29) is 0 Å². The fourth-order valence-corrected chi connectivity index (χ4v) is 1.86. The van der Waals surface area contributed by atoms with Gasteiger partial charge in [0.05, 0.1) is 12.7 Å². The van der Waals surface area contributed by atoms with Crippen LogP contribution in [-0.4, -0.2) is 20.2 Å². The van der Waals surface area contributed by atoms with Crippen molar-refractivity contribution in [3.63, 3.8) is 0 Å². The lowest BCUT2D eigenvalue weighted by atomic mass is 10.1. The Bertz CT molecular complexity index is 375.